The molecule has 20 heavy (non-hydrogen) atoms. The molecule has 110 valence electrons. The SMILES string of the molecule is CNC(=O)c1cc(N)ccc1NC1CCCCCCC1. The fourth-order valence-electron chi connectivity index (χ4n) is 2.83. The van der Waals surface area contributed by atoms with Crippen LogP contribution in [-0.2, 0) is 0 Å². The van der Waals surface area contributed by atoms with Gasteiger partial charge in [-0.2, -0.15) is 0 Å². The third-order valence-corrected chi connectivity index (χ3v) is 3.98. The molecule has 4 heteroatoms. The number of hydrogen-bond acceptors (Lipinski definition) is 3. The number of rotatable bonds is 3. The zero-order chi connectivity index (χ0) is 14.4. The van der Waals surface area contributed by atoms with E-state index >= 15 is 0 Å². The van der Waals surface area contributed by atoms with E-state index in [0.29, 0.717) is 17.3 Å². The van der Waals surface area contributed by atoms with Gasteiger partial charge in [0.05, 0.1) is 5.56 Å². The van der Waals surface area contributed by atoms with Crippen LogP contribution in [0.4, 0.5) is 11.4 Å². The second-order valence-corrected chi connectivity index (χ2v) is 5.57. The monoisotopic (exact) mass is 275 g/mol. The molecule has 1 fully saturated rings. The third-order valence-electron chi connectivity index (χ3n) is 3.98. The van der Waals surface area contributed by atoms with Crippen molar-refractivity contribution >= 4 is 17.3 Å². The Labute approximate surface area is 121 Å². The first-order chi connectivity index (χ1) is 9.70. The van der Waals surface area contributed by atoms with E-state index in [-0.39, 0.29) is 5.91 Å². The highest BCUT2D eigenvalue weighted by molar-refractivity contribution is 6.00. The minimum absolute atomic E-state index is 0.0920. The van der Waals surface area contributed by atoms with Crippen molar-refractivity contribution in [2.45, 2.75) is 51.0 Å². The lowest BCUT2D eigenvalue weighted by Gasteiger charge is -2.23. The molecule has 1 aromatic rings. The van der Waals surface area contributed by atoms with Gasteiger partial charge in [-0.3, -0.25) is 4.79 Å². The predicted molar refractivity (Wildman–Crippen MR) is 84.0 cm³/mol. The van der Waals surface area contributed by atoms with E-state index in [2.05, 4.69) is 10.6 Å². The Balaban J connectivity index is 2.12. The molecule has 0 aromatic heterocycles. The smallest absolute Gasteiger partial charge is 0.253 e. The molecular weight excluding hydrogens is 250 g/mol. The van der Waals surface area contributed by atoms with Gasteiger partial charge in [0.25, 0.3) is 5.91 Å². The Kier molecular flexibility index (Phi) is 5.27. The van der Waals surface area contributed by atoms with Crippen LogP contribution < -0.4 is 16.4 Å². The first kappa shape index (κ1) is 14.7. The fourth-order valence-corrected chi connectivity index (χ4v) is 2.83. The van der Waals surface area contributed by atoms with Crippen LogP contribution in [0.15, 0.2) is 18.2 Å². The van der Waals surface area contributed by atoms with Crippen molar-refractivity contribution < 1.29 is 4.79 Å². The van der Waals surface area contributed by atoms with Crippen molar-refractivity contribution in [3.63, 3.8) is 0 Å². The first-order valence-corrected chi connectivity index (χ1v) is 7.59. The summed E-state index contributed by atoms with van der Waals surface area (Å²) in [7, 11) is 1.64. The van der Waals surface area contributed by atoms with Gasteiger partial charge in [0, 0.05) is 24.5 Å². The molecule has 1 aliphatic rings. The lowest BCUT2D eigenvalue weighted by Crippen LogP contribution is -2.25. The molecule has 0 spiro atoms. The molecule has 0 aliphatic heterocycles. The van der Waals surface area contributed by atoms with Crippen molar-refractivity contribution in [2.24, 2.45) is 0 Å². The summed E-state index contributed by atoms with van der Waals surface area (Å²) in [5, 5.41) is 6.22. The van der Waals surface area contributed by atoms with Crippen molar-refractivity contribution in [3.05, 3.63) is 23.8 Å². The molecule has 0 unspecified atom stereocenters. The van der Waals surface area contributed by atoms with Crippen LogP contribution in [0, 0.1) is 0 Å². The highest BCUT2D eigenvalue weighted by Crippen LogP contribution is 2.24. The maximum Gasteiger partial charge on any atom is 0.253 e. The van der Waals surface area contributed by atoms with Crippen LogP contribution in [-0.4, -0.2) is 19.0 Å². The van der Waals surface area contributed by atoms with Crippen LogP contribution in [0.1, 0.15) is 55.3 Å². The second-order valence-electron chi connectivity index (χ2n) is 5.57. The van der Waals surface area contributed by atoms with Gasteiger partial charge in [-0.15, -0.1) is 0 Å². The minimum Gasteiger partial charge on any atom is -0.399 e. The van der Waals surface area contributed by atoms with E-state index in [4.69, 9.17) is 5.73 Å². The molecule has 1 saturated carbocycles. The van der Waals surface area contributed by atoms with Gasteiger partial charge in [0.15, 0.2) is 0 Å². The molecule has 1 amide bonds. The van der Waals surface area contributed by atoms with E-state index in [0.717, 1.165) is 5.69 Å². The van der Waals surface area contributed by atoms with Crippen molar-refractivity contribution in [3.8, 4) is 0 Å². The number of carbonyl (C=O) groups is 1. The molecule has 1 aliphatic carbocycles. The first-order valence-electron chi connectivity index (χ1n) is 7.59. The van der Waals surface area contributed by atoms with E-state index in [9.17, 15) is 4.79 Å². The Morgan fingerprint density at radius 2 is 1.80 bits per heavy atom. The quantitative estimate of drug-likeness (QED) is 0.742. The number of benzene rings is 1. The van der Waals surface area contributed by atoms with Gasteiger partial charge in [-0.05, 0) is 31.0 Å². The van der Waals surface area contributed by atoms with Crippen LogP contribution in [0.25, 0.3) is 0 Å². The maximum absolute atomic E-state index is 11.9. The Hall–Kier alpha value is -1.71. The summed E-state index contributed by atoms with van der Waals surface area (Å²) < 4.78 is 0. The topological polar surface area (TPSA) is 67.2 Å². The standard InChI is InChI=1S/C16H25N3O/c1-18-16(20)14-11-12(17)9-10-15(14)19-13-7-5-3-2-4-6-8-13/h9-11,13,19H,2-8,17H2,1H3,(H,18,20). The number of anilines is 2. The Bertz CT molecular complexity index is 451. The van der Waals surface area contributed by atoms with Crippen molar-refractivity contribution in [1.29, 1.82) is 0 Å². The van der Waals surface area contributed by atoms with Crippen LogP contribution >= 0.6 is 0 Å². The van der Waals surface area contributed by atoms with E-state index in [1.165, 1.54) is 44.9 Å². The number of nitrogens with one attached hydrogen (secondary N) is 2. The zero-order valence-electron chi connectivity index (χ0n) is 12.2. The number of hydrogen-bond donors (Lipinski definition) is 3. The summed E-state index contributed by atoms with van der Waals surface area (Å²) >= 11 is 0. The highest BCUT2D eigenvalue weighted by atomic mass is 16.1. The van der Waals surface area contributed by atoms with Crippen molar-refractivity contribution in [1.82, 2.24) is 5.32 Å². The summed E-state index contributed by atoms with van der Waals surface area (Å²) in [4.78, 5) is 11.9. The highest BCUT2D eigenvalue weighted by Gasteiger charge is 2.15. The maximum atomic E-state index is 11.9. The molecule has 4 N–H and O–H groups in total. The molecule has 0 saturated heterocycles. The van der Waals surface area contributed by atoms with E-state index < -0.39 is 0 Å². The van der Waals surface area contributed by atoms with Crippen molar-refractivity contribution in [2.75, 3.05) is 18.1 Å². The normalized spacial score (nSPS) is 17.1. The second kappa shape index (κ2) is 7.17. The summed E-state index contributed by atoms with van der Waals surface area (Å²) in [6, 6.07) is 5.96. The largest absolute Gasteiger partial charge is 0.399 e. The Morgan fingerprint density at radius 1 is 1.15 bits per heavy atom. The molecule has 0 atom stereocenters. The van der Waals surface area contributed by atoms with Gasteiger partial charge in [0.2, 0.25) is 0 Å². The molecule has 4 nitrogen and oxygen atoms in total. The van der Waals surface area contributed by atoms with Gasteiger partial charge in [0.1, 0.15) is 0 Å². The molecule has 2 rings (SSSR count). The fraction of sp³-hybridized carbons (Fsp3) is 0.562. The molecule has 0 radical (unpaired) electrons. The van der Waals surface area contributed by atoms with Crippen LogP contribution in [0.3, 0.4) is 0 Å². The number of nitrogens with two attached hydrogens (primary N) is 1. The van der Waals surface area contributed by atoms with Crippen LogP contribution in [0.2, 0.25) is 0 Å². The number of carbonyl (C=O) groups excluding carboxylic acids is 1. The van der Waals surface area contributed by atoms with Gasteiger partial charge < -0.3 is 16.4 Å². The predicted octanol–water partition coefficient (Wildman–Crippen LogP) is 3.15. The summed E-state index contributed by atoms with van der Waals surface area (Å²) in [5.74, 6) is -0.0920. The zero-order valence-corrected chi connectivity index (χ0v) is 12.2. The summed E-state index contributed by atoms with van der Waals surface area (Å²) in [6.07, 6.45) is 8.89. The third kappa shape index (κ3) is 3.89. The Morgan fingerprint density at radius 3 is 2.45 bits per heavy atom. The van der Waals surface area contributed by atoms with Crippen LogP contribution in [0.5, 0.6) is 0 Å². The number of amides is 1. The molecule has 0 bridgehead atoms. The summed E-state index contributed by atoms with van der Waals surface area (Å²) in [6.45, 7) is 0. The molecule has 1 aromatic carbocycles. The van der Waals surface area contributed by atoms with Gasteiger partial charge >= 0.3 is 0 Å². The average molecular weight is 275 g/mol. The van der Waals surface area contributed by atoms with Gasteiger partial charge in [-0.25, -0.2) is 0 Å². The lowest BCUT2D eigenvalue weighted by molar-refractivity contribution is 0.0964. The average Bonchev–Trinajstić information content (AvgIpc) is 2.42. The lowest BCUT2D eigenvalue weighted by atomic mass is 9.96. The molecular formula is C16H25N3O. The van der Waals surface area contributed by atoms with E-state index in [1.54, 1.807) is 13.1 Å². The summed E-state index contributed by atoms with van der Waals surface area (Å²) in [5.41, 5.74) is 7.94. The van der Waals surface area contributed by atoms with E-state index in [1.807, 2.05) is 12.1 Å². The number of nitrogen functional groups attached to an aromatic ring is 1. The van der Waals surface area contributed by atoms with Gasteiger partial charge in [-0.1, -0.05) is 32.1 Å². The molecule has 0 heterocycles. The minimum atomic E-state index is -0.0920.